The van der Waals surface area contributed by atoms with Crippen molar-refractivity contribution < 1.29 is 19.2 Å². The van der Waals surface area contributed by atoms with Crippen molar-refractivity contribution in [1.82, 2.24) is 0 Å². The number of piperidine rings is 1. The standard InChI is InChI=1S/C18H28N2O3S/c1-5-23-18(22)16-13(3)14(4)24-17(16)19-15(21)8-11-20-9-6-12(2)7-10-20/h12H,5-11H2,1-4H3,(H,19,21)/p+1. The molecule has 0 atom stereocenters. The van der Waals surface area contributed by atoms with Crippen LogP contribution in [0.3, 0.4) is 0 Å². The average molecular weight is 354 g/mol. The molecule has 0 saturated carbocycles. The Morgan fingerprint density at radius 1 is 1.29 bits per heavy atom. The molecule has 24 heavy (non-hydrogen) atoms. The van der Waals surface area contributed by atoms with Crippen LogP contribution in [-0.2, 0) is 9.53 Å². The van der Waals surface area contributed by atoms with Crippen LogP contribution in [0.25, 0.3) is 0 Å². The van der Waals surface area contributed by atoms with Crippen molar-refractivity contribution in [3.63, 3.8) is 0 Å². The van der Waals surface area contributed by atoms with Gasteiger partial charge in [-0.05, 0) is 45.1 Å². The van der Waals surface area contributed by atoms with E-state index in [0.717, 1.165) is 36.0 Å². The third-order valence-electron chi connectivity index (χ3n) is 4.80. The maximum atomic E-state index is 12.3. The number of hydrogen-bond donors (Lipinski definition) is 2. The predicted molar refractivity (Wildman–Crippen MR) is 97.0 cm³/mol. The van der Waals surface area contributed by atoms with E-state index in [-0.39, 0.29) is 11.9 Å². The maximum absolute atomic E-state index is 12.3. The molecule has 2 heterocycles. The van der Waals surface area contributed by atoms with E-state index in [1.54, 1.807) is 6.92 Å². The molecule has 0 unspecified atom stereocenters. The molecule has 134 valence electrons. The topological polar surface area (TPSA) is 59.8 Å². The Morgan fingerprint density at radius 2 is 1.96 bits per heavy atom. The third-order valence-corrected chi connectivity index (χ3v) is 5.93. The molecule has 1 fully saturated rings. The number of likely N-dealkylation sites (tertiary alicyclic amines) is 1. The lowest BCUT2D eigenvalue weighted by molar-refractivity contribution is -0.905. The van der Waals surface area contributed by atoms with Gasteiger partial charge in [0.2, 0.25) is 5.91 Å². The van der Waals surface area contributed by atoms with Crippen molar-refractivity contribution in [3.05, 3.63) is 16.0 Å². The summed E-state index contributed by atoms with van der Waals surface area (Å²) in [6, 6.07) is 0. The second-order valence-electron chi connectivity index (χ2n) is 6.69. The molecular weight excluding hydrogens is 324 g/mol. The Balaban J connectivity index is 1.94. The van der Waals surface area contributed by atoms with Gasteiger partial charge < -0.3 is 15.0 Å². The Bertz CT molecular complexity index is 589. The van der Waals surface area contributed by atoms with Crippen LogP contribution in [-0.4, -0.2) is 38.1 Å². The highest BCUT2D eigenvalue weighted by atomic mass is 32.1. The Kier molecular flexibility index (Phi) is 6.80. The number of esters is 1. The maximum Gasteiger partial charge on any atom is 0.341 e. The lowest BCUT2D eigenvalue weighted by Crippen LogP contribution is -3.13. The SMILES string of the molecule is CCOC(=O)c1c(NC(=O)CC[NH+]2CCC(C)CC2)sc(C)c1C. The third kappa shape index (κ3) is 4.80. The molecule has 2 rings (SSSR count). The van der Waals surface area contributed by atoms with Gasteiger partial charge >= 0.3 is 5.97 Å². The molecule has 1 aromatic rings. The van der Waals surface area contributed by atoms with Gasteiger partial charge in [0.25, 0.3) is 0 Å². The van der Waals surface area contributed by atoms with E-state index in [1.165, 1.54) is 29.1 Å². The van der Waals surface area contributed by atoms with Crippen molar-refractivity contribution in [3.8, 4) is 0 Å². The van der Waals surface area contributed by atoms with Crippen molar-refractivity contribution in [2.45, 2.75) is 47.0 Å². The Labute approximate surface area is 148 Å². The summed E-state index contributed by atoms with van der Waals surface area (Å²) < 4.78 is 5.12. The normalized spacial score (nSPS) is 20.7. The molecule has 6 heteroatoms. The fourth-order valence-corrected chi connectivity index (χ4v) is 4.13. The van der Waals surface area contributed by atoms with Gasteiger partial charge in [-0.2, -0.15) is 0 Å². The van der Waals surface area contributed by atoms with Gasteiger partial charge in [0.15, 0.2) is 0 Å². The summed E-state index contributed by atoms with van der Waals surface area (Å²) in [6.07, 6.45) is 2.97. The monoisotopic (exact) mass is 353 g/mol. The number of aryl methyl sites for hydroxylation is 1. The van der Waals surface area contributed by atoms with Crippen LogP contribution >= 0.6 is 11.3 Å². The van der Waals surface area contributed by atoms with E-state index in [0.29, 0.717) is 23.6 Å². The van der Waals surface area contributed by atoms with Crippen LogP contribution in [0, 0.1) is 19.8 Å². The summed E-state index contributed by atoms with van der Waals surface area (Å²) >= 11 is 1.45. The number of quaternary nitrogens is 1. The molecule has 1 aromatic heterocycles. The average Bonchev–Trinajstić information content (AvgIpc) is 2.81. The molecule has 1 aliphatic rings. The zero-order chi connectivity index (χ0) is 17.7. The summed E-state index contributed by atoms with van der Waals surface area (Å²) in [7, 11) is 0. The lowest BCUT2D eigenvalue weighted by Gasteiger charge is -2.27. The van der Waals surface area contributed by atoms with Crippen LogP contribution in [0.1, 0.15) is 53.9 Å². The van der Waals surface area contributed by atoms with Gasteiger partial charge in [-0.1, -0.05) is 6.92 Å². The number of amides is 1. The Morgan fingerprint density at radius 3 is 2.58 bits per heavy atom. The van der Waals surface area contributed by atoms with E-state index >= 15 is 0 Å². The van der Waals surface area contributed by atoms with Crippen molar-refractivity contribution in [2.24, 2.45) is 5.92 Å². The van der Waals surface area contributed by atoms with Crippen LogP contribution in [0.4, 0.5) is 5.00 Å². The number of nitrogens with one attached hydrogen (secondary N) is 2. The number of rotatable bonds is 6. The molecule has 1 aliphatic heterocycles. The van der Waals surface area contributed by atoms with Crippen molar-refractivity contribution in [1.29, 1.82) is 0 Å². The molecular formula is C18H29N2O3S+. The number of carbonyl (C=O) groups is 2. The lowest BCUT2D eigenvalue weighted by atomic mass is 9.99. The van der Waals surface area contributed by atoms with Crippen LogP contribution < -0.4 is 10.2 Å². The van der Waals surface area contributed by atoms with Crippen LogP contribution in [0.5, 0.6) is 0 Å². The summed E-state index contributed by atoms with van der Waals surface area (Å²) in [5.74, 6) is 0.435. The van der Waals surface area contributed by atoms with Gasteiger partial charge in [0, 0.05) is 4.88 Å². The number of hydrogen-bond acceptors (Lipinski definition) is 4. The number of thiophene rings is 1. The van der Waals surface area contributed by atoms with Gasteiger partial charge in [-0.25, -0.2) is 4.79 Å². The molecule has 2 N–H and O–H groups in total. The summed E-state index contributed by atoms with van der Waals surface area (Å²) in [5, 5.41) is 3.55. The largest absolute Gasteiger partial charge is 0.462 e. The second-order valence-corrected chi connectivity index (χ2v) is 7.91. The van der Waals surface area contributed by atoms with Crippen LogP contribution in [0.2, 0.25) is 0 Å². The van der Waals surface area contributed by atoms with Crippen molar-refractivity contribution in [2.75, 3.05) is 31.6 Å². The molecule has 1 saturated heterocycles. The minimum atomic E-state index is -0.356. The quantitative estimate of drug-likeness (QED) is 0.771. The van der Waals surface area contributed by atoms with Crippen molar-refractivity contribution >= 4 is 28.2 Å². The van der Waals surface area contributed by atoms with Gasteiger partial charge in [-0.15, -0.1) is 11.3 Å². The molecule has 0 radical (unpaired) electrons. The highest BCUT2D eigenvalue weighted by Gasteiger charge is 2.23. The molecule has 0 aliphatic carbocycles. The molecule has 0 spiro atoms. The fourth-order valence-electron chi connectivity index (χ4n) is 3.06. The smallest absolute Gasteiger partial charge is 0.341 e. The second kappa shape index (κ2) is 8.62. The first-order valence-corrected chi connectivity index (χ1v) is 9.64. The van der Waals surface area contributed by atoms with E-state index in [1.807, 2.05) is 13.8 Å². The first kappa shape index (κ1) is 18.9. The number of anilines is 1. The number of ether oxygens (including phenoxy) is 1. The highest BCUT2D eigenvalue weighted by molar-refractivity contribution is 7.16. The number of carbonyl (C=O) groups excluding carboxylic acids is 2. The minimum Gasteiger partial charge on any atom is -0.462 e. The molecule has 5 nitrogen and oxygen atoms in total. The van der Waals surface area contributed by atoms with E-state index in [9.17, 15) is 9.59 Å². The fraction of sp³-hybridized carbons (Fsp3) is 0.667. The Hall–Kier alpha value is -1.40. The van der Waals surface area contributed by atoms with Gasteiger partial charge in [-0.3, -0.25) is 4.79 Å². The zero-order valence-electron chi connectivity index (χ0n) is 15.2. The van der Waals surface area contributed by atoms with Crippen LogP contribution in [0.15, 0.2) is 0 Å². The van der Waals surface area contributed by atoms with E-state index < -0.39 is 0 Å². The first-order valence-electron chi connectivity index (χ1n) is 8.82. The van der Waals surface area contributed by atoms with E-state index in [2.05, 4.69) is 12.2 Å². The summed E-state index contributed by atoms with van der Waals surface area (Å²) in [4.78, 5) is 27.0. The minimum absolute atomic E-state index is 0.0204. The molecule has 0 aromatic carbocycles. The highest BCUT2D eigenvalue weighted by Crippen LogP contribution is 2.33. The zero-order valence-corrected chi connectivity index (χ0v) is 16.0. The predicted octanol–water partition coefficient (Wildman–Crippen LogP) is 2.19. The first-order chi connectivity index (χ1) is 11.4. The van der Waals surface area contributed by atoms with Gasteiger partial charge in [0.05, 0.1) is 38.2 Å². The molecule has 0 bridgehead atoms. The molecule has 1 amide bonds. The van der Waals surface area contributed by atoms with E-state index in [4.69, 9.17) is 4.74 Å². The summed E-state index contributed by atoms with van der Waals surface area (Å²) in [6.45, 7) is 11.4. The summed E-state index contributed by atoms with van der Waals surface area (Å²) in [5.41, 5.74) is 1.40. The van der Waals surface area contributed by atoms with Gasteiger partial charge in [0.1, 0.15) is 5.00 Å².